The number of phenols is 1. The van der Waals surface area contributed by atoms with Gasteiger partial charge < -0.3 is 36.0 Å². The number of nitrogens with zero attached hydrogens (tertiary/aromatic N) is 3. The highest BCUT2D eigenvalue weighted by Gasteiger charge is 2.62. The number of amides is 2. The first-order valence-electron chi connectivity index (χ1n) is 14.1. The molecule has 1 aromatic rings. The molecule has 1 spiro atoms. The molecule has 1 aromatic carbocycles. The van der Waals surface area contributed by atoms with Crippen molar-refractivity contribution >= 4 is 23.3 Å². The van der Waals surface area contributed by atoms with E-state index >= 15 is 0 Å². The number of allylic oxidation sites excluding steroid dienone is 1. The zero-order valence-corrected chi connectivity index (χ0v) is 23.9. The summed E-state index contributed by atoms with van der Waals surface area (Å²) in [6, 6.07) is 0.796. The van der Waals surface area contributed by atoms with Gasteiger partial charge in [-0.3, -0.25) is 19.3 Å². The molecule has 2 amide bonds. The van der Waals surface area contributed by atoms with Gasteiger partial charge in [-0.05, 0) is 74.7 Å². The van der Waals surface area contributed by atoms with Crippen molar-refractivity contribution in [2.75, 3.05) is 46.2 Å². The second kappa shape index (κ2) is 8.96. The van der Waals surface area contributed by atoms with Crippen LogP contribution in [0.15, 0.2) is 28.7 Å². The minimum absolute atomic E-state index is 0.0140. The molecule has 0 aromatic heterocycles. The number of fused-ring (bicyclic) bond motifs is 3. The summed E-state index contributed by atoms with van der Waals surface area (Å²) in [6.45, 7) is 1.33. The van der Waals surface area contributed by atoms with Crippen molar-refractivity contribution < 1.29 is 34.8 Å². The lowest BCUT2D eigenvalue weighted by atomic mass is 9.58. The Morgan fingerprint density at radius 3 is 2.32 bits per heavy atom. The molecule has 6 rings (SSSR count). The Kier molecular flexibility index (Phi) is 6.03. The summed E-state index contributed by atoms with van der Waals surface area (Å²) in [5, 5.41) is 45.9. The Labute approximate surface area is 238 Å². The van der Waals surface area contributed by atoms with Crippen LogP contribution in [0.4, 0.5) is 5.69 Å². The number of aliphatic hydroxyl groups excluding tert-OH is 2. The van der Waals surface area contributed by atoms with Crippen LogP contribution in [0.5, 0.6) is 5.75 Å². The normalized spacial score (nSPS) is 30.0. The van der Waals surface area contributed by atoms with Gasteiger partial charge in [-0.2, -0.15) is 0 Å². The number of carbonyl (C=O) groups excluding carboxylic acids is 3. The molecule has 6 N–H and O–H groups in total. The standard InChI is InChI=1S/C30H38N4O7/c1-32(2)20-12-18(28(40)34-8-7-29(13-34)5-6-29)23(35)17-11-15-14(9-16(17)20)10-19-22(33(3)4)24(36)21(27(31)39)26(38)30(19,41)25(15)37/h12,14,19,22,35-37,41H,5-11,13H2,1-4H3,(H2,31,39)/t14-,19-,22-,30-/m0/s1. The van der Waals surface area contributed by atoms with Gasteiger partial charge in [0.1, 0.15) is 22.8 Å². The quantitative estimate of drug-likeness (QED) is 0.336. The molecule has 41 heavy (non-hydrogen) atoms. The monoisotopic (exact) mass is 566 g/mol. The highest BCUT2D eigenvalue weighted by molar-refractivity contribution is 6.24. The summed E-state index contributed by atoms with van der Waals surface area (Å²) in [5.74, 6) is -5.08. The first kappa shape index (κ1) is 27.6. The van der Waals surface area contributed by atoms with Crippen molar-refractivity contribution in [1.82, 2.24) is 9.80 Å². The van der Waals surface area contributed by atoms with E-state index in [4.69, 9.17) is 5.73 Å². The average Bonchev–Trinajstić information content (AvgIpc) is 3.53. The number of rotatable bonds is 4. The number of carbonyl (C=O) groups is 3. The SMILES string of the molecule is CN(C)c1cc(C(=O)N2CCC3(CC3)C2)c(O)c2c1C[C@H]1C[C@H]3[C@H](N(C)C)C(O)=C(C(N)=O)C(=O)[C@@]3(O)C(O)=C1C2. The number of aromatic hydroxyl groups is 1. The van der Waals surface area contributed by atoms with E-state index in [1.807, 2.05) is 19.0 Å². The summed E-state index contributed by atoms with van der Waals surface area (Å²) >= 11 is 0. The number of ketones is 1. The van der Waals surface area contributed by atoms with Crippen LogP contribution in [-0.4, -0.2) is 101 Å². The van der Waals surface area contributed by atoms with Crippen LogP contribution in [0.2, 0.25) is 0 Å². The summed E-state index contributed by atoms with van der Waals surface area (Å²) in [6.07, 6.45) is 3.82. The minimum atomic E-state index is -2.48. The molecule has 0 bridgehead atoms. The van der Waals surface area contributed by atoms with E-state index in [9.17, 15) is 34.8 Å². The van der Waals surface area contributed by atoms with E-state index in [1.54, 1.807) is 30.0 Å². The van der Waals surface area contributed by atoms with Gasteiger partial charge >= 0.3 is 0 Å². The van der Waals surface area contributed by atoms with Crippen molar-refractivity contribution in [3.05, 3.63) is 45.4 Å². The number of likely N-dealkylation sites (tertiary alicyclic amines) is 1. The number of phenolic OH excluding ortho intramolecular Hbond substituents is 1. The minimum Gasteiger partial charge on any atom is -0.510 e. The summed E-state index contributed by atoms with van der Waals surface area (Å²) < 4.78 is 0. The molecular formula is C30H38N4O7. The van der Waals surface area contributed by atoms with E-state index in [0.717, 1.165) is 30.5 Å². The van der Waals surface area contributed by atoms with Crippen molar-refractivity contribution in [1.29, 1.82) is 0 Å². The van der Waals surface area contributed by atoms with Crippen molar-refractivity contribution in [3.63, 3.8) is 0 Å². The van der Waals surface area contributed by atoms with Gasteiger partial charge in [0.15, 0.2) is 5.60 Å². The summed E-state index contributed by atoms with van der Waals surface area (Å²) in [4.78, 5) is 44.6. The zero-order chi connectivity index (χ0) is 29.8. The van der Waals surface area contributed by atoms with E-state index in [0.29, 0.717) is 30.6 Å². The van der Waals surface area contributed by atoms with Crippen LogP contribution in [0.25, 0.3) is 0 Å². The Balaban J connectivity index is 1.46. The lowest BCUT2D eigenvalue weighted by Crippen LogP contribution is -2.63. The van der Waals surface area contributed by atoms with Gasteiger partial charge in [0, 0.05) is 50.8 Å². The number of aliphatic hydroxyl groups is 3. The fraction of sp³-hybridized carbons (Fsp3) is 0.567. The van der Waals surface area contributed by atoms with Gasteiger partial charge in [0.05, 0.1) is 11.6 Å². The highest BCUT2D eigenvalue weighted by atomic mass is 16.3. The summed E-state index contributed by atoms with van der Waals surface area (Å²) in [5.41, 5.74) is 5.11. The fourth-order valence-electron chi connectivity index (χ4n) is 7.82. The molecule has 1 saturated heterocycles. The van der Waals surface area contributed by atoms with E-state index < -0.39 is 46.3 Å². The van der Waals surface area contributed by atoms with Crippen LogP contribution in [0.3, 0.4) is 0 Å². The van der Waals surface area contributed by atoms with E-state index in [1.165, 1.54) is 0 Å². The largest absolute Gasteiger partial charge is 0.510 e. The smallest absolute Gasteiger partial charge is 0.257 e. The number of hydrogen-bond acceptors (Lipinski definition) is 9. The van der Waals surface area contributed by atoms with Gasteiger partial charge in [-0.25, -0.2) is 0 Å². The van der Waals surface area contributed by atoms with Crippen LogP contribution >= 0.6 is 0 Å². The molecule has 1 aliphatic heterocycles. The summed E-state index contributed by atoms with van der Waals surface area (Å²) in [7, 11) is 7.03. The fourth-order valence-corrected chi connectivity index (χ4v) is 7.82. The number of nitrogens with two attached hydrogens (primary N) is 1. The second-order valence-electron chi connectivity index (χ2n) is 13.0. The van der Waals surface area contributed by atoms with Crippen LogP contribution in [-0.2, 0) is 22.4 Å². The van der Waals surface area contributed by atoms with Crippen molar-refractivity contribution in [2.24, 2.45) is 23.0 Å². The van der Waals surface area contributed by atoms with Gasteiger partial charge in [-0.1, -0.05) is 0 Å². The third-order valence-electron chi connectivity index (χ3n) is 10.2. The van der Waals surface area contributed by atoms with E-state index in [-0.39, 0.29) is 41.4 Å². The molecular weight excluding hydrogens is 528 g/mol. The molecule has 5 aliphatic rings. The molecule has 0 radical (unpaired) electrons. The number of primary amides is 1. The molecule has 4 aliphatic carbocycles. The van der Waals surface area contributed by atoms with Gasteiger partial charge in [0.2, 0.25) is 5.78 Å². The maximum atomic E-state index is 13.6. The van der Waals surface area contributed by atoms with Gasteiger partial charge in [0.25, 0.3) is 11.8 Å². The van der Waals surface area contributed by atoms with Crippen LogP contribution < -0.4 is 10.6 Å². The lowest BCUT2D eigenvalue weighted by Gasteiger charge is -2.50. The third kappa shape index (κ3) is 3.81. The average molecular weight is 567 g/mol. The second-order valence-corrected chi connectivity index (χ2v) is 13.0. The maximum absolute atomic E-state index is 13.6. The van der Waals surface area contributed by atoms with Crippen molar-refractivity contribution in [2.45, 2.75) is 50.2 Å². The van der Waals surface area contributed by atoms with Gasteiger partial charge in [-0.15, -0.1) is 0 Å². The molecule has 1 heterocycles. The molecule has 11 heteroatoms. The number of anilines is 1. The Morgan fingerprint density at radius 2 is 1.76 bits per heavy atom. The Hall–Kier alpha value is -3.57. The first-order chi connectivity index (χ1) is 19.2. The molecule has 11 nitrogen and oxygen atoms in total. The topological polar surface area (TPSA) is 168 Å². The number of Topliss-reactive ketones (excluding diaryl/α,β-unsaturated/α-hetero) is 1. The van der Waals surface area contributed by atoms with Crippen molar-refractivity contribution in [3.8, 4) is 5.75 Å². The Morgan fingerprint density at radius 1 is 1.07 bits per heavy atom. The predicted molar refractivity (Wildman–Crippen MR) is 150 cm³/mol. The molecule has 1 saturated carbocycles. The zero-order valence-electron chi connectivity index (χ0n) is 23.9. The maximum Gasteiger partial charge on any atom is 0.257 e. The molecule has 2 fully saturated rings. The molecule has 4 atom stereocenters. The number of benzene rings is 1. The van der Waals surface area contributed by atoms with Crippen LogP contribution in [0.1, 0.15) is 47.2 Å². The molecule has 0 unspecified atom stereocenters. The number of hydrogen-bond donors (Lipinski definition) is 5. The van der Waals surface area contributed by atoms with E-state index in [2.05, 4.69) is 0 Å². The lowest BCUT2D eigenvalue weighted by molar-refractivity contribution is -0.148. The third-order valence-corrected chi connectivity index (χ3v) is 10.2. The number of likely N-dealkylation sites (N-methyl/N-ethyl adjacent to an activating group) is 1. The first-order valence-corrected chi connectivity index (χ1v) is 14.1. The molecule has 220 valence electrons. The van der Waals surface area contributed by atoms with Crippen LogP contribution in [0, 0.1) is 17.3 Å². The highest BCUT2D eigenvalue weighted by Crippen LogP contribution is 2.55. The Bertz CT molecular complexity index is 1460. The predicted octanol–water partition coefficient (Wildman–Crippen LogP) is 1.17.